The molecule has 0 aliphatic carbocycles. The van der Waals surface area contributed by atoms with Crippen LogP contribution in [0, 0.1) is 0 Å². The number of phenols is 1. The van der Waals surface area contributed by atoms with Gasteiger partial charge >= 0.3 is 0 Å². The molecule has 1 heterocycles. The van der Waals surface area contributed by atoms with Crippen LogP contribution >= 0.6 is 0 Å². The van der Waals surface area contributed by atoms with Crippen LogP contribution in [0.2, 0.25) is 0 Å². The average molecular weight is 325 g/mol. The second-order valence-electron chi connectivity index (χ2n) is 6.05. The van der Waals surface area contributed by atoms with Crippen molar-refractivity contribution in [3.05, 3.63) is 48.0 Å². The molecule has 1 fully saturated rings. The van der Waals surface area contributed by atoms with E-state index in [0.717, 1.165) is 42.3 Å². The molecular weight excluding hydrogens is 302 g/mol. The fourth-order valence-electron chi connectivity index (χ4n) is 2.88. The molecule has 0 spiro atoms. The Balaban J connectivity index is 1.70. The molecule has 3 rings (SSSR count). The Kier molecular flexibility index (Phi) is 5.43. The van der Waals surface area contributed by atoms with Crippen molar-refractivity contribution in [2.75, 3.05) is 20.2 Å². The lowest BCUT2D eigenvalue weighted by molar-refractivity contribution is 0.218. The van der Waals surface area contributed by atoms with E-state index >= 15 is 0 Å². The third kappa shape index (κ3) is 4.32. The first-order valence-corrected chi connectivity index (χ1v) is 8.34. The number of benzene rings is 2. The average Bonchev–Trinajstić information content (AvgIpc) is 2.63. The number of nitrogens with zero attached hydrogens (tertiary/aromatic N) is 3. The Morgan fingerprint density at radius 3 is 2.33 bits per heavy atom. The maximum absolute atomic E-state index is 10.1. The Morgan fingerprint density at radius 2 is 1.62 bits per heavy atom. The van der Waals surface area contributed by atoms with Crippen molar-refractivity contribution >= 4 is 11.4 Å². The molecule has 2 aromatic carbocycles. The largest absolute Gasteiger partial charge is 0.508 e. The molecule has 0 radical (unpaired) electrons. The number of aromatic hydroxyl groups is 1. The molecule has 0 bridgehead atoms. The lowest BCUT2D eigenvalue weighted by Crippen LogP contribution is -2.29. The highest BCUT2D eigenvalue weighted by Gasteiger charge is 2.12. The molecule has 0 atom stereocenters. The molecule has 1 aliphatic rings. The van der Waals surface area contributed by atoms with Gasteiger partial charge in [-0.25, -0.2) is 0 Å². The summed E-state index contributed by atoms with van der Waals surface area (Å²) in [5.41, 5.74) is 2.42. The minimum absolute atomic E-state index is 0.323. The summed E-state index contributed by atoms with van der Waals surface area (Å²) in [6, 6.07) is 12.8. The number of methoxy groups -OCH3 is 1. The molecular formula is C19H23N3O2. The van der Waals surface area contributed by atoms with Gasteiger partial charge in [0.05, 0.1) is 18.5 Å². The van der Waals surface area contributed by atoms with E-state index in [4.69, 9.17) is 4.74 Å². The molecule has 1 aliphatic heterocycles. The molecule has 0 aromatic heterocycles. The van der Waals surface area contributed by atoms with E-state index < -0.39 is 0 Å². The van der Waals surface area contributed by atoms with Crippen molar-refractivity contribution in [1.29, 1.82) is 0 Å². The van der Waals surface area contributed by atoms with Gasteiger partial charge in [-0.1, -0.05) is 6.42 Å². The van der Waals surface area contributed by atoms with E-state index in [9.17, 15) is 5.11 Å². The van der Waals surface area contributed by atoms with E-state index in [2.05, 4.69) is 15.1 Å². The first kappa shape index (κ1) is 16.5. The molecule has 1 N–H and O–H groups in total. The van der Waals surface area contributed by atoms with E-state index in [1.807, 2.05) is 30.3 Å². The summed E-state index contributed by atoms with van der Waals surface area (Å²) in [5, 5.41) is 18.6. The van der Waals surface area contributed by atoms with E-state index in [0.29, 0.717) is 5.75 Å². The number of phenolic OH excluding ortho intramolecular Hbond substituents is 1. The van der Waals surface area contributed by atoms with E-state index in [1.54, 1.807) is 19.2 Å². The molecule has 0 saturated carbocycles. The number of hydrogen-bond donors (Lipinski definition) is 1. The molecule has 126 valence electrons. The monoisotopic (exact) mass is 325 g/mol. The Labute approximate surface area is 142 Å². The lowest BCUT2D eigenvalue weighted by atomic mass is 10.1. The highest BCUT2D eigenvalue weighted by molar-refractivity contribution is 5.47. The Hall–Kier alpha value is -2.40. The summed E-state index contributed by atoms with van der Waals surface area (Å²) in [5.74, 6) is 1.12. The minimum atomic E-state index is 0.323. The summed E-state index contributed by atoms with van der Waals surface area (Å²) < 4.78 is 5.13. The third-order valence-corrected chi connectivity index (χ3v) is 4.26. The number of likely N-dealkylation sites (tertiary alicyclic amines) is 1. The minimum Gasteiger partial charge on any atom is -0.508 e. The number of piperidine rings is 1. The summed E-state index contributed by atoms with van der Waals surface area (Å²) in [4.78, 5) is 2.38. The van der Waals surface area contributed by atoms with Gasteiger partial charge in [0.1, 0.15) is 11.5 Å². The van der Waals surface area contributed by atoms with Crippen LogP contribution in [0.25, 0.3) is 0 Å². The van der Waals surface area contributed by atoms with Crippen LogP contribution in [-0.4, -0.2) is 30.2 Å². The topological polar surface area (TPSA) is 57.4 Å². The third-order valence-electron chi connectivity index (χ3n) is 4.26. The van der Waals surface area contributed by atoms with Crippen LogP contribution in [-0.2, 0) is 6.54 Å². The molecule has 2 aromatic rings. The van der Waals surface area contributed by atoms with Crippen LogP contribution in [0.5, 0.6) is 11.5 Å². The molecule has 5 heteroatoms. The molecule has 1 saturated heterocycles. The fraction of sp³-hybridized carbons (Fsp3) is 0.368. The van der Waals surface area contributed by atoms with E-state index in [1.165, 1.54) is 19.3 Å². The summed E-state index contributed by atoms with van der Waals surface area (Å²) in [6.45, 7) is 2.95. The van der Waals surface area contributed by atoms with Crippen molar-refractivity contribution in [2.24, 2.45) is 10.2 Å². The zero-order chi connectivity index (χ0) is 16.8. The van der Waals surface area contributed by atoms with Crippen molar-refractivity contribution in [2.45, 2.75) is 25.8 Å². The van der Waals surface area contributed by atoms with Crippen molar-refractivity contribution in [3.63, 3.8) is 0 Å². The summed E-state index contributed by atoms with van der Waals surface area (Å²) in [7, 11) is 1.64. The normalized spacial score (nSPS) is 15.7. The predicted octanol–water partition coefficient (Wildman–Crippen LogP) is 4.80. The second-order valence-corrected chi connectivity index (χ2v) is 6.05. The van der Waals surface area contributed by atoms with Gasteiger partial charge in [0.15, 0.2) is 0 Å². The standard InChI is InChI=1S/C19H23N3O2/c1-24-18-8-5-16(6-9-18)20-21-17-7-10-19(23)15(13-17)14-22-11-3-2-4-12-22/h5-10,13,23H,2-4,11-12,14H2,1H3/b21-20+. The Morgan fingerprint density at radius 1 is 0.958 bits per heavy atom. The first-order valence-electron chi connectivity index (χ1n) is 8.34. The highest BCUT2D eigenvalue weighted by Crippen LogP contribution is 2.27. The number of ether oxygens (including phenoxy) is 1. The van der Waals surface area contributed by atoms with Crippen LogP contribution in [0.3, 0.4) is 0 Å². The number of azo groups is 1. The van der Waals surface area contributed by atoms with Crippen LogP contribution < -0.4 is 4.74 Å². The van der Waals surface area contributed by atoms with Crippen LogP contribution in [0.4, 0.5) is 11.4 Å². The smallest absolute Gasteiger partial charge is 0.120 e. The second kappa shape index (κ2) is 7.93. The molecule has 0 unspecified atom stereocenters. The lowest BCUT2D eigenvalue weighted by Gasteiger charge is -2.26. The maximum Gasteiger partial charge on any atom is 0.120 e. The van der Waals surface area contributed by atoms with Crippen LogP contribution in [0.1, 0.15) is 24.8 Å². The van der Waals surface area contributed by atoms with Gasteiger partial charge in [0.25, 0.3) is 0 Å². The van der Waals surface area contributed by atoms with Crippen molar-refractivity contribution < 1.29 is 9.84 Å². The summed E-state index contributed by atoms with van der Waals surface area (Å²) in [6.07, 6.45) is 3.77. The van der Waals surface area contributed by atoms with Gasteiger partial charge in [0.2, 0.25) is 0 Å². The van der Waals surface area contributed by atoms with Gasteiger partial charge in [0, 0.05) is 12.1 Å². The Bertz CT molecular complexity index is 692. The van der Waals surface area contributed by atoms with E-state index in [-0.39, 0.29) is 0 Å². The molecule has 5 nitrogen and oxygen atoms in total. The zero-order valence-corrected chi connectivity index (χ0v) is 14.0. The zero-order valence-electron chi connectivity index (χ0n) is 14.0. The predicted molar refractivity (Wildman–Crippen MR) is 94.4 cm³/mol. The first-order chi connectivity index (χ1) is 11.7. The fourth-order valence-corrected chi connectivity index (χ4v) is 2.88. The number of rotatable bonds is 5. The van der Waals surface area contributed by atoms with Crippen LogP contribution in [0.15, 0.2) is 52.7 Å². The van der Waals surface area contributed by atoms with Crippen molar-refractivity contribution in [1.82, 2.24) is 4.90 Å². The highest BCUT2D eigenvalue weighted by atomic mass is 16.5. The van der Waals surface area contributed by atoms with Gasteiger partial charge in [-0.15, -0.1) is 0 Å². The maximum atomic E-state index is 10.1. The van der Waals surface area contributed by atoms with Crippen molar-refractivity contribution in [3.8, 4) is 11.5 Å². The molecule has 0 amide bonds. The SMILES string of the molecule is COc1ccc(/N=N/c2ccc(O)c(CN3CCCCC3)c2)cc1. The number of hydrogen-bond acceptors (Lipinski definition) is 5. The van der Waals surface area contributed by atoms with Gasteiger partial charge < -0.3 is 9.84 Å². The quantitative estimate of drug-likeness (QED) is 0.803. The van der Waals surface area contributed by atoms with Gasteiger partial charge in [-0.2, -0.15) is 10.2 Å². The van der Waals surface area contributed by atoms with Gasteiger partial charge in [-0.05, 0) is 68.4 Å². The molecule has 24 heavy (non-hydrogen) atoms. The van der Waals surface area contributed by atoms with Gasteiger partial charge in [-0.3, -0.25) is 4.90 Å². The summed E-state index contributed by atoms with van der Waals surface area (Å²) >= 11 is 0.